The zero-order valence-corrected chi connectivity index (χ0v) is 14.5. The molecule has 3 aromatic rings. The van der Waals surface area contributed by atoms with Crippen LogP contribution in [-0.2, 0) is 13.6 Å². The van der Waals surface area contributed by atoms with E-state index in [-0.39, 0.29) is 31.4 Å². The molecule has 3 rings (SSSR count). The summed E-state index contributed by atoms with van der Waals surface area (Å²) in [6.45, 7) is 0.0137. The molecular formula is C19H18ClFN2O2. The number of aliphatic hydroxyl groups is 1. The van der Waals surface area contributed by atoms with Crippen LogP contribution in [0.25, 0.3) is 10.9 Å². The summed E-state index contributed by atoms with van der Waals surface area (Å²) in [6.07, 6.45) is 0. The van der Waals surface area contributed by atoms with E-state index in [2.05, 4.69) is 0 Å². The third-order valence-electron chi connectivity index (χ3n) is 4.20. The quantitative estimate of drug-likeness (QED) is 0.755. The van der Waals surface area contributed by atoms with Crippen molar-refractivity contribution >= 4 is 28.4 Å². The van der Waals surface area contributed by atoms with E-state index < -0.39 is 0 Å². The van der Waals surface area contributed by atoms with Gasteiger partial charge in [-0.2, -0.15) is 0 Å². The van der Waals surface area contributed by atoms with Gasteiger partial charge in [-0.05, 0) is 24.3 Å². The Hall–Kier alpha value is -2.37. The van der Waals surface area contributed by atoms with Crippen LogP contribution < -0.4 is 0 Å². The van der Waals surface area contributed by atoms with Crippen molar-refractivity contribution in [1.82, 2.24) is 9.47 Å². The number of amides is 1. The van der Waals surface area contributed by atoms with Gasteiger partial charge in [0.1, 0.15) is 11.5 Å². The molecule has 1 aromatic heterocycles. The number of fused-ring (bicyclic) bond motifs is 1. The van der Waals surface area contributed by atoms with Gasteiger partial charge in [-0.25, -0.2) is 4.39 Å². The first-order valence-electron chi connectivity index (χ1n) is 7.90. The van der Waals surface area contributed by atoms with Crippen molar-refractivity contribution in [3.05, 3.63) is 70.6 Å². The largest absolute Gasteiger partial charge is 0.395 e. The number of hydrogen-bond donors (Lipinski definition) is 1. The normalized spacial score (nSPS) is 11.0. The van der Waals surface area contributed by atoms with E-state index in [1.54, 1.807) is 48.0 Å². The number of carbonyl (C=O) groups is 1. The van der Waals surface area contributed by atoms with Crippen molar-refractivity contribution < 1.29 is 14.3 Å². The zero-order valence-electron chi connectivity index (χ0n) is 13.7. The first kappa shape index (κ1) is 17.5. The highest BCUT2D eigenvalue weighted by Gasteiger charge is 2.21. The molecule has 130 valence electrons. The summed E-state index contributed by atoms with van der Waals surface area (Å²) in [6, 6.07) is 13.5. The molecule has 1 amide bonds. The molecule has 1 heterocycles. The second kappa shape index (κ2) is 7.25. The molecule has 0 unspecified atom stereocenters. The zero-order chi connectivity index (χ0) is 18.0. The Bertz CT molecular complexity index is 923. The highest BCUT2D eigenvalue weighted by molar-refractivity contribution is 6.31. The van der Waals surface area contributed by atoms with Crippen LogP contribution in [0.15, 0.2) is 48.5 Å². The number of halogens is 2. The molecule has 0 saturated carbocycles. The maximum Gasteiger partial charge on any atom is 0.270 e. The summed E-state index contributed by atoms with van der Waals surface area (Å²) < 4.78 is 15.7. The molecule has 0 aliphatic heterocycles. The van der Waals surface area contributed by atoms with E-state index >= 15 is 0 Å². The van der Waals surface area contributed by atoms with Crippen molar-refractivity contribution in [1.29, 1.82) is 0 Å². The van der Waals surface area contributed by atoms with Crippen LogP contribution in [0.5, 0.6) is 0 Å². The van der Waals surface area contributed by atoms with Gasteiger partial charge in [0.25, 0.3) is 5.91 Å². The fourth-order valence-corrected chi connectivity index (χ4v) is 3.04. The lowest BCUT2D eigenvalue weighted by Gasteiger charge is -2.22. The standard InChI is InChI=1S/C19H18ClFN2O2/c1-22-17-11-15(20)7-6-13(17)10-18(22)19(25)23(8-9-24)12-14-4-2-3-5-16(14)21/h2-7,10-11,24H,8-9,12H2,1H3. The van der Waals surface area contributed by atoms with E-state index in [1.807, 2.05) is 6.07 Å². The molecule has 0 aliphatic rings. The number of nitrogens with zero attached hydrogens (tertiary/aromatic N) is 2. The van der Waals surface area contributed by atoms with Crippen LogP contribution >= 0.6 is 11.6 Å². The maximum atomic E-state index is 13.9. The smallest absolute Gasteiger partial charge is 0.270 e. The number of carbonyl (C=O) groups excluding carboxylic acids is 1. The summed E-state index contributed by atoms with van der Waals surface area (Å²) in [5.41, 5.74) is 1.71. The number of hydrogen-bond acceptors (Lipinski definition) is 2. The minimum atomic E-state index is -0.373. The summed E-state index contributed by atoms with van der Waals surface area (Å²) in [7, 11) is 1.78. The average Bonchev–Trinajstić information content (AvgIpc) is 2.92. The van der Waals surface area contributed by atoms with Gasteiger partial charge in [-0.3, -0.25) is 4.79 Å². The summed E-state index contributed by atoms with van der Waals surface area (Å²) in [4.78, 5) is 14.4. The van der Waals surface area contributed by atoms with E-state index in [1.165, 1.54) is 11.0 Å². The molecule has 25 heavy (non-hydrogen) atoms. The minimum absolute atomic E-state index is 0.0916. The van der Waals surface area contributed by atoms with Gasteiger partial charge in [0.2, 0.25) is 0 Å². The van der Waals surface area contributed by atoms with Crippen molar-refractivity contribution in [3.63, 3.8) is 0 Å². The molecule has 0 spiro atoms. The van der Waals surface area contributed by atoms with Crippen LogP contribution in [0.4, 0.5) is 4.39 Å². The summed E-state index contributed by atoms with van der Waals surface area (Å²) in [5, 5.41) is 10.8. The van der Waals surface area contributed by atoms with Gasteiger partial charge < -0.3 is 14.6 Å². The van der Waals surface area contributed by atoms with Crippen LogP contribution in [0, 0.1) is 5.82 Å². The molecule has 0 fully saturated rings. The Balaban J connectivity index is 1.95. The highest BCUT2D eigenvalue weighted by atomic mass is 35.5. The topological polar surface area (TPSA) is 45.5 Å². The Labute approximate surface area is 150 Å². The summed E-state index contributed by atoms with van der Waals surface area (Å²) >= 11 is 6.03. The third-order valence-corrected chi connectivity index (χ3v) is 4.44. The number of aryl methyl sites for hydroxylation is 1. The lowest BCUT2D eigenvalue weighted by Crippen LogP contribution is -2.34. The average molecular weight is 361 g/mol. The minimum Gasteiger partial charge on any atom is -0.395 e. The summed E-state index contributed by atoms with van der Waals surface area (Å²) in [5.74, 6) is -0.644. The molecule has 2 aromatic carbocycles. The van der Waals surface area contributed by atoms with E-state index in [0.717, 1.165) is 10.9 Å². The van der Waals surface area contributed by atoms with Crippen LogP contribution in [-0.4, -0.2) is 33.6 Å². The molecule has 6 heteroatoms. The molecule has 0 atom stereocenters. The van der Waals surface area contributed by atoms with Crippen molar-refractivity contribution in [2.45, 2.75) is 6.54 Å². The number of rotatable bonds is 5. The van der Waals surface area contributed by atoms with E-state index in [0.29, 0.717) is 16.3 Å². The molecule has 0 bridgehead atoms. The predicted octanol–water partition coefficient (Wildman–Crippen LogP) is 3.61. The van der Waals surface area contributed by atoms with Crippen LogP contribution in [0.1, 0.15) is 16.1 Å². The Kier molecular flexibility index (Phi) is 5.06. The van der Waals surface area contributed by atoms with Gasteiger partial charge in [-0.15, -0.1) is 0 Å². The van der Waals surface area contributed by atoms with Gasteiger partial charge in [0.05, 0.1) is 6.61 Å². The van der Waals surface area contributed by atoms with E-state index in [4.69, 9.17) is 11.6 Å². The second-order valence-electron chi connectivity index (χ2n) is 5.83. The van der Waals surface area contributed by atoms with Crippen LogP contribution in [0.3, 0.4) is 0 Å². The van der Waals surface area contributed by atoms with Crippen molar-refractivity contribution in [3.8, 4) is 0 Å². The predicted molar refractivity (Wildman–Crippen MR) is 96.2 cm³/mol. The Morgan fingerprint density at radius 3 is 2.72 bits per heavy atom. The highest BCUT2D eigenvalue weighted by Crippen LogP contribution is 2.24. The van der Waals surface area contributed by atoms with Crippen molar-refractivity contribution in [2.75, 3.05) is 13.2 Å². The van der Waals surface area contributed by atoms with E-state index in [9.17, 15) is 14.3 Å². The lowest BCUT2D eigenvalue weighted by atomic mass is 10.2. The molecule has 1 N–H and O–H groups in total. The van der Waals surface area contributed by atoms with Crippen LogP contribution in [0.2, 0.25) is 5.02 Å². The van der Waals surface area contributed by atoms with Gasteiger partial charge in [-0.1, -0.05) is 35.9 Å². The van der Waals surface area contributed by atoms with Crippen molar-refractivity contribution in [2.24, 2.45) is 7.05 Å². The number of aromatic nitrogens is 1. The second-order valence-corrected chi connectivity index (χ2v) is 6.27. The van der Waals surface area contributed by atoms with Gasteiger partial charge in [0, 0.05) is 41.6 Å². The fourth-order valence-electron chi connectivity index (χ4n) is 2.88. The molecular weight excluding hydrogens is 343 g/mol. The third kappa shape index (κ3) is 3.52. The van der Waals surface area contributed by atoms with Gasteiger partial charge >= 0.3 is 0 Å². The SMILES string of the molecule is Cn1c(C(=O)N(CCO)Cc2ccccc2F)cc2ccc(Cl)cc21. The Morgan fingerprint density at radius 1 is 1.24 bits per heavy atom. The Morgan fingerprint density at radius 2 is 2.00 bits per heavy atom. The van der Waals surface area contributed by atoms with Gasteiger partial charge in [0.15, 0.2) is 0 Å². The number of aliphatic hydroxyl groups excluding tert-OH is 1. The first-order chi connectivity index (χ1) is 12.0. The number of benzene rings is 2. The molecule has 0 saturated heterocycles. The molecule has 0 aliphatic carbocycles. The maximum absolute atomic E-state index is 13.9. The monoisotopic (exact) mass is 360 g/mol. The fraction of sp³-hybridized carbons (Fsp3) is 0.211. The molecule has 4 nitrogen and oxygen atoms in total. The molecule has 0 radical (unpaired) electrons. The first-order valence-corrected chi connectivity index (χ1v) is 8.27. The lowest BCUT2D eigenvalue weighted by molar-refractivity contribution is 0.0697.